The summed E-state index contributed by atoms with van der Waals surface area (Å²) in [5.41, 5.74) is -0.218. The smallest absolute Gasteiger partial charge is 0.224 e. The average molecular weight is 279 g/mol. The Morgan fingerprint density at radius 3 is 2.83 bits per heavy atom. The van der Waals surface area contributed by atoms with E-state index in [1.165, 1.54) is 0 Å². The third kappa shape index (κ3) is 4.39. The highest BCUT2D eigenvalue weighted by molar-refractivity contribution is 5.85. The highest BCUT2D eigenvalue weighted by atomic mass is 35.5. The lowest BCUT2D eigenvalue weighted by Gasteiger charge is -2.38. The lowest BCUT2D eigenvalue weighted by Crippen LogP contribution is -2.52. The highest BCUT2D eigenvalue weighted by Gasteiger charge is 2.31. The SMILES string of the molecule is CC1(C)CN(C(=O)CC2COCCN2)CCO1.Cl. The number of carbonyl (C=O) groups is 1. The zero-order chi connectivity index (χ0) is 12.3. The van der Waals surface area contributed by atoms with Crippen LogP contribution in [0.4, 0.5) is 0 Å². The van der Waals surface area contributed by atoms with Crippen LogP contribution in [0.25, 0.3) is 0 Å². The third-order valence-electron chi connectivity index (χ3n) is 3.20. The summed E-state index contributed by atoms with van der Waals surface area (Å²) in [6, 6.07) is 0.169. The van der Waals surface area contributed by atoms with Crippen molar-refractivity contribution < 1.29 is 14.3 Å². The molecule has 2 rings (SSSR count). The molecular formula is C12H23ClN2O3. The lowest BCUT2D eigenvalue weighted by molar-refractivity contribution is -0.147. The molecule has 0 radical (unpaired) electrons. The number of nitrogens with zero attached hydrogens (tertiary/aromatic N) is 1. The van der Waals surface area contributed by atoms with Crippen LogP contribution in [-0.4, -0.2) is 61.9 Å². The molecule has 1 amide bonds. The number of amides is 1. The van der Waals surface area contributed by atoms with E-state index in [9.17, 15) is 4.79 Å². The molecule has 0 aromatic heterocycles. The highest BCUT2D eigenvalue weighted by Crippen LogP contribution is 2.17. The van der Waals surface area contributed by atoms with Gasteiger partial charge < -0.3 is 19.7 Å². The Hall–Kier alpha value is -0.360. The molecule has 2 saturated heterocycles. The first-order valence-corrected chi connectivity index (χ1v) is 6.30. The standard InChI is InChI=1S/C12H22N2O3.ClH/c1-12(2)9-14(4-6-17-12)11(15)7-10-8-16-5-3-13-10;/h10,13H,3-9H2,1-2H3;1H. The van der Waals surface area contributed by atoms with E-state index in [0.717, 1.165) is 13.2 Å². The molecule has 2 heterocycles. The van der Waals surface area contributed by atoms with Gasteiger partial charge in [-0.05, 0) is 13.8 Å². The second kappa shape index (κ2) is 6.70. The van der Waals surface area contributed by atoms with Gasteiger partial charge in [-0.3, -0.25) is 4.79 Å². The second-order valence-corrected chi connectivity index (χ2v) is 5.35. The number of hydrogen-bond acceptors (Lipinski definition) is 4. The molecule has 0 aromatic carbocycles. The molecule has 106 valence electrons. The summed E-state index contributed by atoms with van der Waals surface area (Å²) in [4.78, 5) is 14.0. The summed E-state index contributed by atoms with van der Waals surface area (Å²) < 4.78 is 11.0. The molecule has 2 aliphatic rings. The minimum absolute atomic E-state index is 0. The normalized spacial score (nSPS) is 27.4. The van der Waals surface area contributed by atoms with Crippen LogP contribution in [0.2, 0.25) is 0 Å². The Morgan fingerprint density at radius 1 is 1.44 bits per heavy atom. The van der Waals surface area contributed by atoms with Crippen molar-refractivity contribution >= 4 is 18.3 Å². The predicted molar refractivity (Wildman–Crippen MR) is 71.1 cm³/mol. The molecule has 5 nitrogen and oxygen atoms in total. The molecule has 0 aliphatic carbocycles. The van der Waals surface area contributed by atoms with E-state index in [2.05, 4.69) is 5.32 Å². The van der Waals surface area contributed by atoms with Crippen LogP contribution < -0.4 is 5.32 Å². The van der Waals surface area contributed by atoms with E-state index in [1.807, 2.05) is 18.7 Å². The van der Waals surface area contributed by atoms with Gasteiger partial charge in [0.2, 0.25) is 5.91 Å². The Kier molecular flexibility index (Phi) is 5.85. The Labute approximate surface area is 115 Å². The van der Waals surface area contributed by atoms with E-state index >= 15 is 0 Å². The topological polar surface area (TPSA) is 50.8 Å². The van der Waals surface area contributed by atoms with E-state index in [0.29, 0.717) is 32.7 Å². The van der Waals surface area contributed by atoms with Gasteiger partial charge in [-0.25, -0.2) is 0 Å². The maximum atomic E-state index is 12.1. The molecule has 0 saturated carbocycles. The summed E-state index contributed by atoms with van der Waals surface area (Å²) in [7, 11) is 0. The van der Waals surface area contributed by atoms with Gasteiger partial charge in [0.15, 0.2) is 0 Å². The van der Waals surface area contributed by atoms with Crippen molar-refractivity contribution in [3.8, 4) is 0 Å². The van der Waals surface area contributed by atoms with Crippen molar-refractivity contribution in [2.75, 3.05) is 39.5 Å². The molecule has 0 aromatic rings. The van der Waals surface area contributed by atoms with Gasteiger partial charge in [0.1, 0.15) is 0 Å². The quantitative estimate of drug-likeness (QED) is 0.796. The summed E-state index contributed by atoms with van der Waals surface area (Å²) >= 11 is 0. The number of nitrogens with one attached hydrogen (secondary N) is 1. The van der Waals surface area contributed by atoms with Gasteiger partial charge in [-0.1, -0.05) is 0 Å². The van der Waals surface area contributed by atoms with Gasteiger partial charge in [0, 0.05) is 32.1 Å². The molecule has 18 heavy (non-hydrogen) atoms. The zero-order valence-electron chi connectivity index (χ0n) is 11.1. The molecular weight excluding hydrogens is 256 g/mol. The van der Waals surface area contributed by atoms with Gasteiger partial charge in [0.05, 0.1) is 25.4 Å². The van der Waals surface area contributed by atoms with E-state index in [1.54, 1.807) is 0 Å². The number of halogens is 1. The number of hydrogen-bond donors (Lipinski definition) is 1. The van der Waals surface area contributed by atoms with Crippen molar-refractivity contribution in [1.29, 1.82) is 0 Å². The van der Waals surface area contributed by atoms with Gasteiger partial charge in [-0.15, -0.1) is 12.4 Å². The number of ether oxygens (including phenoxy) is 2. The molecule has 1 atom stereocenters. The van der Waals surface area contributed by atoms with Gasteiger partial charge >= 0.3 is 0 Å². The molecule has 2 fully saturated rings. The average Bonchev–Trinajstić information content (AvgIpc) is 2.29. The van der Waals surface area contributed by atoms with Crippen LogP contribution in [0.3, 0.4) is 0 Å². The van der Waals surface area contributed by atoms with Crippen molar-refractivity contribution in [3.63, 3.8) is 0 Å². The van der Waals surface area contributed by atoms with E-state index < -0.39 is 0 Å². The van der Waals surface area contributed by atoms with Crippen molar-refractivity contribution in [2.45, 2.75) is 31.9 Å². The molecule has 2 aliphatic heterocycles. The van der Waals surface area contributed by atoms with Crippen LogP contribution in [0, 0.1) is 0 Å². The van der Waals surface area contributed by atoms with Crippen LogP contribution >= 0.6 is 12.4 Å². The predicted octanol–water partition coefficient (Wildman–Crippen LogP) is 0.424. The first-order chi connectivity index (χ1) is 8.07. The van der Waals surface area contributed by atoms with Gasteiger partial charge in [0.25, 0.3) is 0 Å². The van der Waals surface area contributed by atoms with E-state index in [4.69, 9.17) is 9.47 Å². The Morgan fingerprint density at radius 2 is 2.22 bits per heavy atom. The van der Waals surface area contributed by atoms with Crippen LogP contribution in [-0.2, 0) is 14.3 Å². The molecule has 0 spiro atoms. The first kappa shape index (κ1) is 15.7. The molecule has 6 heteroatoms. The summed E-state index contributed by atoms with van der Waals surface area (Å²) in [6.07, 6.45) is 0.524. The van der Waals surface area contributed by atoms with Crippen LogP contribution in [0.5, 0.6) is 0 Å². The number of rotatable bonds is 2. The Bertz CT molecular complexity index is 280. The first-order valence-electron chi connectivity index (χ1n) is 6.30. The van der Waals surface area contributed by atoms with Crippen LogP contribution in [0.15, 0.2) is 0 Å². The number of morpholine rings is 2. The fraction of sp³-hybridized carbons (Fsp3) is 0.917. The summed E-state index contributed by atoms with van der Waals surface area (Å²) in [6.45, 7) is 8.28. The largest absolute Gasteiger partial charge is 0.378 e. The zero-order valence-corrected chi connectivity index (χ0v) is 11.9. The maximum absolute atomic E-state index is 12.1. The Balaban J connectivity index is 0.00000162. The maximum Gasteiger partial charge on any atom is 0.224 e. The summed E-state index contributed by atoms with van der Waals surface area (Å²) in [5.74, 6) is 0.198. The second-order valence-electron chi connectivity index (χ2n) is 5.35. The van der Waals surface area contributed by atoms with E-state index in [-0.39, 0.29) is 30.0 Å². The molecule has 1 unspecified atom stereocenters. The lowest BCUT2D eigenvalue weighted by atomic mass is 10.1. The fourth-order valence-electron chi connectivity index (χ4n) is 2.32. The fourth-order valence-corrected chi connectivity index (χ4v) is 2.32. The third-order valence-corrected chi connectivity index (χ3v) is 3.20. The van der Waals surface area contributed by atoms with Crippen LogP contribution in [0.1, 0.15) is 20.3 Å². The molecule has 1 N–H and O–H groups in total. The van der Waals surface area contributed by atoms with Crippen molar-refractivity contribution in [3.05, 3.63) is 0 Å². The van der Waals surface area contributed by atoms with Crippen molar-refractivity contribution in [2.24, 2.45) is 0 Å². The summed E-state index contributed by atoms with van der Waals surface area (Å²) in [5, 5.41) is 3.31. The minimum Gasteiger partial charge on any atom is -0.378 e. The number of carbonyl (C=O) groups excluding carboxylic acids is 1. The minimum atomic E-state index is -0.218. The van der Waals surface area contributed by atoms with Crippen molar-refractivity contribution in [1.82, 2.24) is 10.2 Å². The monoisotopic (exact) mass is 278 g/mol. The van der Waals surface area contributed by atoms with Gasteiger partial charge in [-0.2, -0.15) is 0 Å². The molecule has 0 bridgehead atoms.